The minimum Gasteiger partial charge on any atom is -0.459 e. The highest BCUT2D eigenvalue weighted by Gasteiger charge is 2.23. The van der Waals surface area contributed by atoms with Gasteiger partial charge in [-0.1, -0.05) is 27.5 Å². The smallest absolute Gasteiger partial charge is 0.340 e. The van der Waals surface area contributed by atoms with Gasteiger partial charge in [-0.25, -0.2) is 20.1 Å². The molecule has 0 aliphatic carbocycles. The molecule has 3 N–H and O–H groups in total. The number of hydrogen-bond acceptors (Lipinski definition) is 6. The van der Waals surface area contributed by atoms with Gasteiger partial charge in [0.15, 0.2) is 5.82 Å². The van der Waals surface area contributed by atoms with Crippen molar-refractivity contribution < 1.29 is 18.8 Å². The molecular formula is C17H16BrCl2FN4O3. The number of nitrogens with one attached hydrogen (secondary N) is 1. The van der Waals surface area contributed by atoms with Crippen molar-refractivity contribution in [3.05, 3.63) is 51.5 Å². The van der Waals surface area contributed by atoms with Crippen molar-refractivity contribution in [2.45, 2.75) is 0 Å². The lowest BCUT2D eigenvalue weighted by Crippen LogP contribution is -2.15. The second kappa shape index (κ2) is 9.53. The van der Waals surface area contributed by atoms with Gasteiger partial charge in [0.05, 0.1) is 33.8 Å². The molecule has 28 heavy (non-hydrogen) atoms. The van der Waals surface area contributed by atoms with Crippen molar-refractivity contribution in [2.24, 2.45) is 12.9 Å². The highest BCUT2D eigenvalue weighted by atomic mass is 79.9. The van der Waals surface area contributed by atoms with E-state index in [1.54, 1.807) is 29.8 Å². The zero-order chi connectivity index (χ0) is 19.6. The lowest BCUT2D eigenvalue weighted by atomic mass is 10.1. The summed E-state index contributed by atoms with van der Waals surface area (Å²) in [6.45, 7) is -0.0532. The van der Waals surface area contributed by atoms with E-state index in [-0.39, 0.29) is 42.4 Å². The Morgan fingerprint density at radius 3 is 2.82 bits per heavy atom. The molecule has 0 amide bonds. The number of carbonyl (C=O) groups excluding carboxylic acids is 1. The van der Waals surface area contributed by atoms with Crippen LogP contribution >= 0.6 is 39.9 Å². The third-order valence-corrected chi connectivity index (χ3v) is 4.61. The van der Waals surface area contributed by atoms with Crippen LogP contribution in [0, 0.1) is 5.82 Å². The maximum atomic E-state index is 15.1. The van der Waals surface area contributed by atoms with Crippen molar-refractivity contribution >= 4 is 68.3 Å². The number of hydrogen-bond donors (Lipinski definition) is 2. The van der Waals surface area contributed by atoms with E-state index in [9.17, 15) is 4.79 Å². The van der Waals surface area contributed by atoms with E-state index in [2.05, 4.69) is 31.1 Å². The third kappa shape index (κ3) is 4.56. The first kappa shape index (κ1) is 22.4. The van der Waals surface area contributed by atoms with Crippen LogP contribution in [0.2, 0.25) is 5.02 Å². The summed E-state index contributed by atoms with van der Waals surface area (Å²) in [5.74, 6) is 3.51. The Balaban J connectivity index is 0.00000280. The molecule has 0 saturated heterocycles. The number of nitrogens with two attached hydrogens (primary N) is 1. The maximum Gasteiger partial charge on any atom is 0.340 e. The van der Waals surface area contributed by atoms with Crippen LogP contribution in [-0.2, 0) is 16.6 Å². The molecule has 0 unspecified atom stereocenters. The minimum absolute atomic E-state index is 0. The summed E-state index contributed by atoms with van der Waals surface area (Å²) in [5, 5.41) is 3.22. The summed E-state index contributed by atoms with van der Waals surface area (Å²) in [6, 6.07) is 6.55. The van der Waals surface area contributed by atoms with Crippen molar-refractivity contribution in [2.75, 3.05) is 18.5 Å². The second-order valence-corrected chi connectivity index (χ2v) is 6.92. The summed E-state index contributed by atoms with van der Waals surface area (Å²) < 4.78 is 22.6. The SMILES string of the molecule is Cl.Cn1cnc2c(F)c(Nc3ccc(Br)cc3Cl)c(C(=O)OCCON)cc21. The molecule has 1 aromatic heterocycles. The molecule has 0 aliphatic heterocycles. The van der Waals surface area contributed by atoms with Crippen LogP contribution in [0.1, 0.15) is 10.4 Å². The van der Waals surface area contributed by atoms with Crippen molar-refractivity contribution in [3.63, 3.8) is 0 Å². The molecule has 0 saturated carbocycles. The predicted octanol–water partition coefficient (Wildman–Crippen LogP) is 4.34. The standard InChI is InChI=1S/C17H15BrClFN4O3.ClH/c1-24-8-22-16-13(24)7-10(17(25)26-4-5-27-21)15(14(16)20)23-12-3-2-9(18)6-11(12)19;/h2-3,6-8,23H,4-5,21H2,1H3;1H. The minimum atomic E-state index is -0.732. The normalized spacial score (nSPS) is 10.6. The molecule has 1 heterocycles. The lowest BCUT2D eigenvalue weighted by molar-refractivity contribution is 0.0318. The molecule has 3 aromatic rings. The van der Waals surface area contributed by atoms with E-state index >= 15 is 4.39 Å². The average molecular weight is 494 g/mol. The zero-order valence-corrected chi connectivity index (χ0v) is 17.7. The van der Waals surface area contributed by atoms with E-state index < -0.39 is 11.8 Å². The Hall–Kier alpha value is -1.91. The number of halogens is 4. The quantitative estimate of drug-likeness (QED) is 0.301. The molecule has 0 radical (unpaired) electrons. The van der Waals surface area contributed by atoms with E-state index in [1.807, 2.05) is 0 Å². The average Bonchev–Trinajstić information content (AvgIpc) is 3.00. The fourth-order valence-electron chi connectivity index (χ4n) is 2.49. The number of nitrogens with zero attached hydrogens (tertiary/aromatic N) is 2. The van der Waals surface area contributed by atoms with E-state index in [0.29, 0.717) is 16.2 Å². The van der Waals surface area contributed by atoms with Gasteiger partial charge in [-0.3, -0.25) is 0 Å². The largest absolute Gasteiger partial charge is 0.459 e. The Morgan fingerprint density at radius 1 is 1.39 bits per heavy atom. The Kier molecular flexibility index (Phi) is 7.62. The number of aromatic nitrogens is 2. The number of anilines is 2. The number of ether oxygens (including phenoxy) is 1. The summed E-state index contributed by atoms with van der Waals surface area (Å²) >= 11 is 9.52. The van der Waals surface area contributed by atoms with Gasteiger partial charge in [0, 0.05) is 11.5 Å². The Labute approximate surface area is 179 Å². The number of benzene rings is 2. The summed E-state index contributed by atoms with van der Waals surface area (Å²) in [4.78, 5) is 20.9. The molecule has 7 nitrogen and oxygen atoms in total. The molecule has 0 bridgehead atoms. The van der Waals surface area contributed by atoms with Crippen LogP contribution in [0.3, 0.4) is 0 Å². The number of rotatable bonds is 6. The van der Waals surface area contributed by atoms with Gasteiger partial charge in [0.1, 0.15) is 18.7 Å². The number of aryl methyl sites for hydroxylation is 1. The van der Waals surface area contributed by atoms with Crippen LogP contribution in [0.4, 0.5) is 15.8 Å². The van der Waals surface area contributed by atoms with Gasteiger partial charge in [0.2, 0.25) is 0 Å². The molecule has 2 aromatic carbocycles. The summed E-state index contributed by atoms with van der Waals surface area (Å²) in [6.07, 6.45) is 1.46. The lowest BCUT2D eigenvalue weighted by Gasteiger charge is -2.15. The van der Waals surface area contributed by atoms with Crippen molar-refractivity contribution in [1.82, 2.24) is 9.55 Å². The molecule has 0 aliphatic rings. The first-order valence-electron chi connectivity index (χ1n) is 7.76. The highest BCUT2D eigenvalue weighted by molar-refractivity contribution is 9.10. The van der Waals surface area contributed by atoms with Gasteiger partial charge in [0.25, 0.3) is 0 Å². The molecule has 11 heteroatoms. The van der Waals surface area contributed by atoms with Crippen LogP contribution in [0.25, 0.3) is 11.0 Å². The predicted molar refractivity (Wildman–Crippen MR) is 111 cm³/mol. The Bertz CT molecular complexity index is 1020. The fraction of sp³-hybridized carbons (Fsp3) is 0.176. The van der Waals surface area contributed by atoms with E-state index in [1.165, 1.54) is 12.4 Å². The monoisotopic (exact) mass is 492 g/mol. The highest BCUT2D eigenvalue weighted by Crippen LogP contribution is 2.34. The van der Waals surface area contributed by atoms with Crippen LogP contribution in [0.15, 0.2) is 35.1 Å². The molecule has 3 rings (SSSR count). The maximum absolute atomic E-state index is 15.1. The zero-order valence-electron chi connectivity index (χ0n) is 14.5. The number of imidazole rings is 1. The number of esters is 1. The number of fused-ring (bicyclic) bond motifs is 1. The third-order valence-electron chi connectivity index (χ3n) is 3.81. The molecule has 150 valence electrons. The molecule has 0 atom stereocenters. The first-order chi connectivity index (χ1) is 12.9. The van der Waals surface area contributed by atoms with Crippen LogP contribution < -0.4 is 11.2 Å². The van der Waals surface area contributed by atoms with Gasteiger partial charge < -0.3 is 19.5 Å². The van der Waals surface area contributed by atoms with Gasteiger partial charge in [-0.05, 0) is 24.3 Å². The van der Waals surface area contributed by atoms with Gasteiger partial charge >= 0.3 is 5.97 Å². The van der Waals surface area contributed by atoms with E-state index in [4.69, 9.17) is 22.2 Å². The molecule has 0 fully saturated rings. The van der Waals surface area contributed by atoms with Crippen LogP contribution in [0.5, 0.6) is 0 Å². The second-order valence-electron chi connectivity index (χ2n) is 5.59. The Morgan fingerprint density at radius 2 is 2.14 bits per heavy atom. The van der Waals surface area contributed by atoms with Gasteiger partial charge in [-0.15, -0.1) is 12.4 Å². The van der Waals surface area contributed by atoms with Crippen LogP contribution in [-0.4, -0.2) is 28.7 Å². The summed E-state index contributed by atoms with van der Waals surface area (Å²) in [7, 11) is 1.70. The molecule has 0 spiro atoms. The van der Waals surface area contributed by atoms with Gasteiger partial charge in [-0.2, -0.15) is 0 Å². The first-order valence-corrected chi connectivity index (χ1v) is 8.94. The topological polar surface area (TPSA) is 91.4 Å². The summed E-state index contributed by atoms with van der Waals surface area (Å²) in [5.41, 5.74) is 0.911. The fourth-order valence-corrected chi connectivity index (χ4v) is 3.21. The van der Waals surface area contributed by atoms with E-state index in [0.717, 1.165) is 4.47 Å². The van der Waals surface area contributed by atoms with Crippen molar-refractivity contribution in [3.8, 4) is 0 Å². The number of carbonyl (C=O) groups is 1. The molecular weight excluding hydrogens is 478 g/mol. The van der Waals surface area contributed by atoms with Crippen molar-refractivity contribution in [1.29, 1.82) is 0 Å².